The van der Waals surface area contributed by atoms with Crippen LogP contribution < -0.4 is 0 Å². The van der Waals surface area contributed by atoms with Gasteiger partial charge in [-0.25, -0.2) is 0 Å². The minimum atomic E-state index is -0.825. The molecule has 0 aromatic heterocycles. The molecular formula is C16H23NO4. The molecule has 21 heavy (non-hydrogen) atoms. The maximum Gasteiger partial charge on any atom is 0.307 e. The van der Waals surface area contributed by atoms with E-state index >= 15 is 0 Å². The van der Waals surface area contributed by atoms with Crippen LogP contribution in [-0.4, -0.2) is 47.7 Å². The highest BCUT2D eigenvalue weighted by molar-refractivity contribution is 5.87. The Morgan fingerprint density at radius 3 is 2.38 bits per heavy atom. The van der Waals surface area contributed by atoms with Crippen molar-refractivity contribution >= 4 is 11.9 Å². The number of likely N-dealkylation sites (tertiary alicyclic amines) is 1. The molecule has 0 aromatic rings. The van der Waals surface area contributed by atoms with E-state index in [2.05, 4.69) is 0 Å². The van der Waals surface area contributed by atoms with Crippen molar-refractivity contribution in [3.05, 3.63) is 12.2 Å². The highest BCUT2D eigenvalue weighted by Gasteiger charge is 2.52. The van der Waals surface area contributed by atoms with Gasteiger partial charge >= 0.3 is 5.97 Å². The highest BCUT2D eigenvalue weighted by Crippen LogP contribution is 2.48. The van der Waals surface area contributed by atoms with Crippen LogP contribution in [-0.2, 0) is 14.3 Å². The first-order chi connectivity index (χ1) is 10.1. The molecule has 2 aliphatic carbocycles. The molecule has 1 aliphatic heterocycles. The fourth-order valence-electron chi connectivity index (χ4n) is 4.18. The summed E-state index contributed by atoms with van der Waals surface area (Å²) in [6.07, 6.45) is 6.80. The van der Waals surface area contributed by atoms with E-state index in [4.69, 9.17) is 4.74 Å². The Morgan fingerprint density at radius 2 is 1.81 bits per heavy atom. The number of ether oxygens (including phenoxy) is 1. The quantitative estimate of drug-likeness (QED) is 0.798. The summed E-state index contributed by atoms with van der Waals surface area (Å²) in [6.45, 7) is 4.06. The molecule has 5 heteroatoms. The third-order valence-electron chi connectivity index (χ3n) is 5.19. The predicted octanol–water partition coefficient (Wildman–Crippen LogP) is 1.54. The van der Waals surface area contributed by atoms with Gasteiger partial charge in [-0.05, 0) is 38.0 Å². The number of rotatable bonds is 4. The average molecular weight is 293 g/mol. The number of piperidine rings is 1. The molecule has 3 rings (SSSR count). The monoisotopic (exact) mass is 293 g/mol. The molecule has 1 heterocycles. The second kappa shape index (κ2) is 5.79. The van der Waals surface area contributed by atoms with E-state index in [-0.39, 0.29) is 29.8 Å². The van der Waals surface area contributed by atoms with Gasteiger partial charge in [0.2, 0.25) is 5.91 Å². The topological polar surface area (TPSA) is 66.8 Å². The first-order valence-corrected chi connectivity index (χ1v) is 7.93. The van der Waals surface area contributed by atoms with Gasteiger partial charge in [-0.2, -0.15) is 0 Å². The number of amides is 1. The Morgan fingerprint density at radius 1 is 1.19 bits per heavy atom. The zero-order chi connectivity index (χ0) is 15.0. The molecule has 1 amide bonds. The third kappa shape index (κ3) is 2.59. The van der Waals surface area contributed by atoms with Gasteiger partial charge in [0.25, 0.3) is 0 Å². The Labute approximate surface area is 124 Å². The lowest BCUT2D eigenvalue weighted by molar-refractivity contribution is -0.152. The number of carboxylic acids is 1. The second-order valence-electron chi connectivity index (χ2n) is 6.32. The standard InChI is InChI=1S/C16H23NO4/c1-2-21-12-5-7-17(8-6-12)15(18)13-10-3-4-11(9-10)14(13)16(19)20/h3-4,10-14H,2,5-9H2,1H3,(H,19,20). The summed E-state index contributed by atoms with van der Waals surface area (Å²) in [4.78, 5) is 26.1. The number of fused-ring (bicyclic) bond motifs is 2. The molecule has 2 bridgehead atoms. The van der Waals surface area contributed by atoms with Crippen LogP contribution in [0, 0.1) is 23.7 Å². The highest BCUT2D eigenvalue weighted by atomic mass is 16.5. The number of allylic oxidation sites excluding steroid dienone is 2. The van der Waals surface area contributed by atoms with Crippen LogP contribution in [0.1, 0.15) is 26.2 Å². The normalized spacial score (nSPS) is 35.4. The van der Waals surface area contributed by atoms with Crippen molar-refractivity contribution in [1.29, 1.82) is 0 Å². The molecule has 2 fully saturated rings. The first kappa shape index (κ1) is 14.6. The summed E-state index contributed by atoms with van der Waals surface area (Å²) in [6, 6.07) is 0. The van der Waals surface area contributed by atoms with Gasteiger partial charge in [-0.15, -0.1) is 0 Å². The Bertz CT molecular complexity index is 453. The molecule has 0 spiro atoms. The number of carbonyl (C=O) groups excluding carboxylic acids is 1. The van der Waals surface area contributed by atoms with Crippen LogP contribution in [0.15, 0.2) is 12.2 Å². The van der Waals surface area contributed by atoms with Crippen LogP contribution in [0.25, 0.3) is 0 Å². The van der Waals surface area contributed by atoms with Crippen molar-refractivity contribution in [2.24, 2.45) is 23.7 Å². The predicted molar refractivity (Wildman–Crippen MR) is 76.6 cm³/mol. The van der Waals surface area contributed by atoms with E-state index in [9.17, 15) is 14.7 Å². The zero-order valence-electron chi connectivity index (χ0n) is 12.4. The molecule has 1 saturated carbocycles. The lowest BCUT2D eigenvalue weighted by Crippen LogP contribution is -2.47. The molecule has 1 saturated heterocycles. The van der Waals surface area contributed by atoms with E-state index in [1.54, 1.807) is 0 Å². The number of hydrogen-bond acceptors (Lipinski definition) is 3. The summed E-state index contributed by atoms with van der Waals surface area (Å²) in [5.74, 6) is -1.52. The molecule has 5 nitrogen and oxygen atoms in total. The number of aliphatic carboxylic acids is 1. The summed E-state index contributed by atoms with van der Waals surface area (Å²) < 4.78 is 5.60. The minimum Gasteiger partial charge on any atom is -0.481 e. The van der Waals surface area contributed by atoms with Gasteiger partial charge in [-0.1, -0.05) is 12.2 Å². The van der Waals surface area contributed by atoms with Crippen molar-refractivity contribution in [1.82, 2.24) is 4.90 Å². The van der Waals surface area contributed by atoms with Crippen molar-refractivity contribution < 1.29 is 19.4 Å². The second-order valence-corrected chi connectivity index (χ2v) is 6.32. The van der Waals surface area contributed by atoms with Crippen molar-refractivity contribution in [3.63, 3.8) is 0 Å². The number of hydrogen-bond donors (Lipinski definition) is 1. The maximum absolute atomic E-state index is 12.8. The number of carboxylic acid groups (broad SMARTS) is 1. The van der Waals surface area contributed by atoms with E-state index in [0.717, 1.165) is 19.3 Å². The SMILES string of the molecule is CCOC1CCN(C(=O)C2C3C=CC(C3)C2C(=O)O)CC1. The molecule has 116 valence electrons. The van der Waals surface area contributed by atoms with Crippen LogP contribution >= 0.6 is 0 Å². The fourth-order valence-corrected chi connectivity index (χ4v) is 4.18. The smallest absolute Gasteiger partial charge is 0.307 e. The van der Waals surface area contributed by atoms with Crippen LogP contribution in [0.3, 0.4) is 0 Å². The molecule has 4 atom stereocenters. The summed E-state index contributed by atoms with van der Waals surface area (Å²) in [5, 5.41) is 9.44. The Balaban J connectivity index is 1.66. The van der Waals surface area contributed by atoms with E-state index in [0.29, 0.717) is 19.7 Å². The van der Waals surface area contributed by atoms with Gasteiger partial charge in [0, 0.05) is 19.7 Å². The first-order valence-electron chi connectivity index (χ1n) is 7.93. The van der Waals surface area contributed by atoms with Crippen LogP contribution in [0.4, 0.5) is 0 Å². The van der Waals surface area contributed by atoms with Crippen molar-refractivity contribution in [2.75, 3.05) is 19.7 Å². The Kier molecular flexibility index (Phi) is 4.02. The minimum absolute atomic E-state index is 0.0363. The van der Waals surface area contributed by atoms with Gasteiger partial charge in [0.15, 0.2) is 0 Å². The summed E-state index contributed by atoms with van der Waals surface area (Å²) in [7, 11) is 0. The van der Waals surface area contributed by atoms with Gasteiger partial charge < -0.3 is 14.7 Å². The number of nitrogens with zero attached hydrogens (tertiary/aromatic N) is 1. The average Bonchev–Trinajstić information content (AvgIpc) is 3.08. The maximum atomic E-state index is 12.8. The van der Waals surface area contributed by atoms with E-state index < -0.39 is 11.9 Å². The van der Waals surface area contributed by atoms with Gasteiger partial charge in [-0.3, -0.25) is 9.59 Å². The largest absolute Gasteiger partial charge is 0.481 e. The van der Waals surface area contributed by atoms with Crippen LogP contribution in [0.5, 0.6) is 0 Å². The van der Waals surface area contributed by atoms with Crippen LogP contribution in [0.2, 0.25) is 0 Å². The fraction of sp³-hybridized carbons (Fsp3) is 0.750. The summed E-state index contributed by atoms with van der Waals surface area (Å²) in [5.41, 5.74) is 0. The Hall–Kier alpha value is -1.36. The molecule has 4 unspecified atom stereocenters. The van der Waals surface area contributed by atoms with E-state index in [1.165, 1.54) is 0 Å². The summed E-state index contributed by atoms with van der Waals surface area (Å²) >= 11 is 0. The lowest BCUT2D eigenvalue weighted by Gasteiger charge is -2.35. The molecular weight excluding hydrogens is 270 g/mol. The van der Waals surface area contributed by atoms with Crippen molar-refractivity contribution in [2.45, 2.75) is 32.3 Å². The van der Waals surface area contributed by atoms with Crippen molar-refractivity contribution in [3.8, 4) is 0 Å². The van der Waals surface area contributed by atoms with Gasteiger partial charge in [0.1, 0.15) is 0 Å². The molecule has 1 N–H and O–H groups in total. The zero-order valence-corrected chi connectivity index (χ0v) is 12.4. The molecule has 0 radical (unpaired) electrons. The third-order valence-corrected chi connectivity index (χ3v) is 5.19. The molecule has 3 aliphatic rings. The van der Waals surface area contributed by atoms with Gasteiger partial charge in [0.05, 0.1) is 17.9 Å². The lowest BCUT2D eigenvalue weighted by atomic mass is 9.82. The number of carbonyl (C=O) groups is 2. The van der Waals surface area contributed by atoms with E-state index in [1.807, 2.05) is 24.0 Å². The molecule has 0 aromatic carbocycles.